The van der Waals surface area contributed by atoms with Crippen LogP contribution in [0.15, 0.2) is 48.5 Å². The number of nitrogens with zero attached hydrogens (tertiary/aromatic N) is 2. The van der Waals surface area contributed by atoms with Gasteiger partial charge in [-0.3, -0.25) is 9.59 Å². The number of carbonyl (C=O) groups is 2. The predicted molar refractivity (Wildman–Crippen MR) is 114 cm³/mol. The lowest BCUT2D eigenvalue weighted by Gasteiger charge is -2.33. The molecular weight excluding hydrogens is 421 g/mol. The second-order valence-electron chi connectivity index (χ2n) is 8.67. The summed E-state index contributed by atoms with van der Waals surface area (Å²) in [6.45, 7) is 5.53. The molecule has 2 fully saturated rings. The second kappa shape index (κ2) is 8.48. The molecule has 2 atom stereocenters. The van der Waals surface area contributed by atoms with Crippen LogP contribution < -0.4 is 9.64 Å². The molecule has 0 saturated carbocycles. The van der Waals surface area contributed by atoms with Crippen LogP contribution in [0.4, 0.5) is 18.9 Å². The van der Waals surface area contributed by atoms with Crippen LogP contribution in [-0.2, 0) is 4.79 Å². The van der Waals surface area contributed by atoms with Crippen molar-refractivity contribution < 1.29 is 27.5 Å². The fraction of sp³-hybridized carbons (Fsp3) is 0.417. The number of halogens is 3. The van der Waals surface area contributed by atoms with E-state index in [0.29, 0.717) is 36.8 Å². The van der Waals surface area contributed by atoms with Crippen molar-refractivity contribution in [1.29, 1.82) is 0 Å². The van der Waals surface area contributed by atoms with Gasteiger partial charge in [0, 0.05) is 30.9 Å². The molecule has 4 rings (SSSR count). The van der Waals surface area contributed by atoms with Gasteiger partial charge in [0.1, 0.15) is 5.75 Å². The third-order valence-electron chi connectivity index (χ3n) is 6.24. The second-order valence-corrected chi connectivity index (χ2v) is 8.67. The Morgan fingerprint density at radius 2 is 1.69 bits per heavy atom. The molecule has 2 aromatic carbocycles. The molecule has 170 valence electrons. The number of piperidine rings is 1. The first-order valence-corrected chi connectivity index (χ1v) is 10.7. The number of alkyl halides is 3. The molecule has 1 unspecified atom stereocenters. The molecule has 5 nitrogen and oxygen atoms in total. The lowest BCUT2D eigenvalue weighted by molar-refractivity contribution is -0.274. The number of amides is 2. The number of carbonyl (C=O) groups excluding carboxylic acids is 2. The lowest BCUT2D eigenvalue weighted by Crippen LogP contribution is -2.45. The maximum Gasteiger partial charge on any atom is 0.573 e. The number of hydrogen-bond acceptors (Lipinski definition) is 3. The van der Waals surface area contributed by atoms with E-state index in [1.165, 1.54) is 24.3 Å². The molecule has 0 aromatic heterocycles. The van der Waals surface area contributed by atoms with Crippen molar-refractivity contribution in [2.75, 3.05) is 24.5 Å². The number of hydrogen-bond donors (Lipinski definition) is 0. The van der Waals surface area contributed by atoms with E-state index < -0.39 is 6.36 Å². The lowest BCUT2D eigenvalue weighted by atomic mass is 9.87. The van der Waals surface area contributed by atoms with Crippen molar-refractivity contribution in [1.82, 2.24) is 4.90 Å². The monoisotopic (exact) mass is 446 g/mol. The molecule has 2 heterocycles. The van der Waals surface area contributed by atoms with E-state index in [0.717, 1.165) is 12.0 Å². The third kappa shape index (κ3) is 4.59. The van der Waals surface area contributed by atoms with E-state index in [1.807, 2.05) is 24.3 Å². The molecule has 0 spiro atoms. The molecule has 0 aliphatic carbocycles. The highest BCUT2D eigenvalue weighted by molar-refractivity contribution is 5.98. The highest BCUT2D eigenvalue weighted by atomic mass is 19.4. The number of fused-ring (bicyclic) bond motifs is 1. The van der Waals surface area contributed by atoms with Crippen LogP contribution in [0.3, 0.4) is 0 Å². The van der Waals surface area contributed by atoms with Gasteiger partial charge >= 0.3 is 6.36 Å². The molecule has 2 aliphatic heterocycles. The summed E-state index contributed by atoms with van der Waals surface area (Å²) >= 11 is 0. The van der Waals surface area contributed by atoms with Crippen molar-refractivity contribution in [2.45, 2.75) is 32.5 Å². The van der Waals surface area contributed by atoms with E-state index in [1.54, 1.807) is 9.80 Å². The van der Waals surface area contributed by atoms with E-state index in [9.17, 15) is 22.8 Å². The van der Waals surface area contributed by atoms with Crippen LogP contribution in [0.1, 0.15) is 42.1 Å². The fourth-order valence-corrected chi connectivity index (χ4v) is 4.49. The zero-order valence-electron chi connectivity index (χ0n) is 17.9. The zero-order valence-corrected chi connectivity index (χ0v) is 17.9. The SMILES string of the molecule is CC(C)c1ccc(C(=O)N2CC3CCN(c4ccc(OC(F)(F)F)cc4)C(=O)[C@@H]3C2)cc1. The summed E-state index contributed by atoms with van der Waals surface area (Å²) in [4.78, 5) is 29.4. The Balaban J connectivity index is 1.43. The Morgan fingerprint density at radius 3 is 2.28 bits per heavy atom. The van der Waals surface area contributed by atoms with Gasteiger partial charge in [-0.25, -0.2) is 0 Å². The van der Waals surface area contributed by atoms with E-state index >= 15 is 0 Å². The highest BCUT2D eigenvalue weighted by Gasteiger charge is 2.44. The topological polar surface area (TPSA) is 49.9 Å². The molecular formula is C24H25F3N2O3. The minimum Gasteiger partial charge on any atom is -0.406 e. The Kier molecular flexibility index (Phi) is 5.88. The third-order valence-corrected chi connectivity index (χ3v) is 6.24. The Bertz CT molecular complexity index is 987. The number of ether oxygens (including phenoxy) is 1. The van der Waals surface area contributed by atoms with E-state index in [-0.39, 0.29) is 29.4 Å². The van der Waals surface area contributed by atoms with Gasteiger partial charge in [-0.15, -0.1) is 13.2 Å². The average molecular weight is 446 g/mol. The van der Waals surface area contributed by atoms with Gasteiger partial charge in [0.15, 0.2) is 0 Å². The quantitative estimate of drug-likeness (QED) is 0.676. The molecule has 2 amide bonds. The summed E-state index contributed by atoms with van der Waals surface area (Å²) in [5.74, 6) is -0.352. The highest BCUT2D eigenvalue weighted by Crippen LogP contribution is 2.36. The minimum absolute atomic E-state index is 0.0808. The van der Waals surface area contributed by atoms with Crippen molar-refractivity contribution in [3.8, 4) is 5.75 Å². The standard InChI is InChI=1S/C24H25F3N2O3/c1-15(2)16-3-5-17(6-4-16)22(30)28-13-18-11-12-29(23(31)21(18)14-28)19-7-9-20(10-8-19)32-24(25,26)27/h3-10,15,18,21H,11-14H2,1-2H3/t18?,21-/m1/s1. The number of likely N-dealkylation sites (tertiary alicyclic amines) is 1. The normalized spacial score (nSPS) is 21.1. The summed E-state index contributed by atoms with van der Waals surface area (Å²) in [6.07, 6.45) is -4.03. The van der Waals surface area contributed by atoms with Gasteiger partial charge in [0.05, 0.1) is 5.92 Å². The van der Waals surface area contributed by atoms with Gasteiger partial charge in [-0.05, 0) is 60.2 Å². The molecule has 2 aliphatic rings. The first-order valence-electron chi connectivity index (χ1n) is 10.7. The number of anilines is 1. The zero-order chi connectivity index (χ0) is 23.0. The average Bonchev–Trinajstić information content (AvgIpc) is 3.18. The van der Waals surface area contributed by atoms with Crippen molar-refractivity contribution >= 4 is 17.5 Å². The van der Waals surface area contributed by atoms with Crippen molar-refractivity contribution in [2.24, 2.45) is 11.8 Å². The molecule has 8 heteroatoms. The molecule has 0 bridgehead atoms. The van der Waals surface area contributed by atoms with Gasteiger partial charge in [0.2, 0.25) is 5.91 Å². The molecule has 2 aromatic rings. The molecule has 32 heavy (non-hydrogen) atoms. The van der Waals surface area contributed by atoms with Gasteiger partial charge in [0.25, 0.3) is 5.91 Å². The smallest absolute Gasteiger partial charge is 0.406 e. The maximum absolute atomic E-state index is 13.1. The predicted octanol–water partition coefficient (Wildman–Crippen LogP) is 4.83. The van der Waals surface area contributed by atoms with Crippen LogP contribution >= 0.6 is 0 Å². The largest absolute Gasteiger partial charge is 0.573 e. The Labute approximate surface area is 184 Å². The minimum atomic E-state index is -4.76. The molecule has 2 saturated heterocycles. The summed E-state index contributed by atoms with van der Waals surface area (Å²) in [5, 5.41) is 0. The molecule has 0 N–H and O–H groups in total. The van der Waals surface area contributed by atoms with Gasteiger partial charge in [-0.2, -0.15) is 0 Å². The Morgan fingerprint density at radius 1 is 1.03 bits per heavy atom. The summed E-state index contributed by atoms with van der Waals surface area (Å²) in [6, 6.07) is 12.9. The van der Waals surface area contributed by atoms with Crippen molar-refractivity contribution in [3.63, 3.8) is 0 Å². The van der Waals surface area contributed by atoms with E-state index in [2.05, 4.69) is 18.6 Å². The summed E-state index contributed by atoms with van der Waals surface area (Å²) in [5.41, 5.74) is 2.30. The molecule has 0 radical (unpaired) electrons. The van der Waals surface area contributed by atoms with E-state index in [4.69, 9.17) is 0 Å². The number of benzene rings is 2. The maximum atomic E-state index is 13.1. The van der Waals surface area contributed by atoms with Crippen LogP contribution in [0, 0.1) is 11.8 Å². The number of rotatable bonds is 4. The van der Waals surface area contributed by atoms with Crippen LogP contribution in [0.2, 0.25) is 0 Å². The summed E-state index contributed by atoms with van der Waals surface area (Å²) < 4.78 is 41.0. The van der Waals surface area contributed by atoms with Crippen LogP contribution in [0.5, 0.6) is 5.75 Å². The van der Waals surface area contributed by atoms with Crippen LogP contribution in [0.25, 0.3) is 0 Å². The first kappa shape index (κ1) is 22.2. The van der Waals surface area contributed by atoms with Gasteiger partial charge < -0.3 is 14.5 Å². The van der Waals surface area contributed by atoms with Crippen LogP contribution in [-0.4, -0.2) is 42.7 Å². The van der Waals surface area contributed by atoms with Gasteiger partial charge in [-0.1, -0.05) is 26.0 Å². The fourth-order valence-electron chi connectivity index (χ4n) is 4.49. The van der Waals surface area contributed by atoms with Crippen molar-refractivity contribution in [3.05, 3.63) is 59.7 Å². The summed E-state index contributed by atoms with van der Waals surface area (Å²) in [7, 11) is 0. The Hall–Kier alpha value is -3.03. The first-order chi connectivity index (χ1) is 15.1.